The SMILES string of the molecule is CN(C)[C@H]1[C@H](NC(=O)c2ccoc2)[C@@H]2CCO[C@@H]21. The summed E-state index contributed by atoms with van der Waals surface area (Å²) in [6.07, 6.45) is 4.29. The third-order valence-corrected chi connectivity index (χ3v) is 4.03. The Bertz CT molecular complexity index is 429. The van der Waals surface area contributed by atoms with Gasteiger partial charge in [0.15, 0.2) is 0 Å². The Kier molecular flexibility index (Phi) is 2.87. The maximum absolute atomic E-state index is 12.0. The highest BCUT2D eigenvalue weighted by atomic mass is 16.5. The number of carbonyl (C=O) groups is 1. The van der Waals surface area contributed by atoms with Crippen molar-refractivity contribution in [1.82, 2.24) is 10.2 Å². The highest BCUT2D eigenvalue weighted by Crippen LogP contribution is 2.41. The van der Waals surface area contributed by atoms with Gasteiger partial charge in [0, 0.05) is 12.5 Å². The molecule has 0 bridgehead atoms. The lowest BCUT2D eigenvalue weighted by Gasteiger charge is -2.50. The van der Waals surface area contributed by atoms with Crippen molar-refractivity contribution in [3.8, 4) is 0 Å². The fraction of sp³-hybridized carbons (Fsp3) is 0.615. The predicted molar refractivity (Wildman–Crippen MR) is 65.3 cm³/mol. The van der Waals surface area contributed by atoms with E-state index in [0.29, 0.717) is 11.5 Å². The molecule has 1 aromatic rings. The van der Waals surface area contributed by atoms with Crippen LogP contribution in [-0.2, 0) is 4.74 Å². The van der Waals surface area contributed by atoms with E-state index in [2.05, 4.69) is 10.2 Å². The first-order valence-electron chi connectivity index (χ1n) is 6.29. The number of ether oxygens (including phenoxy) is 1. The lowest BCUT2D eigenvalue weighted by molar-refractivity contribution is -0.0664. The van der Waals surface area contributed by atoms with Crippen LogP contribution in [0.4, 0.5) is 0 Å². The third-order valence-electron chi connectivity index (χ3n) is 4.03. The minimum Gasteiger partial charge on any atom is -0.472 e. The zero-order valence-corrected chi connectivity index (χ0v) is 10.6. The Hall–Kier alpha value is -1.33. The molecule has 1 N–H and O–H groups in total. The van der Waals surface area contributed by atoms with Crippen LogP contribution in [0.15, 0.2) is 23.0 Å². The molecule has 1 saturated heterocycles. The van der Waals surface area contributed by atoms with Crippen LogP contribution in [0.3, 0.4) is 0 Å². The van der Waals surface area contributed by atoms with E-state index < -0.39 is 0 Å². The van der Waals surface area contributed by atoms with Crippen LogP contribution in [0.25, 0.3) is 0 Å². The van der Waals surface area contributed by atoms with Gasteiger partial charge in [-0.3, -0.25) is 4.79 Å². The van der Waals surface area contributed by atoms with Gasteiger partial charge in [-0.05, 0) is 26.6 Å². The van der Waals surface area contributed by atoms with E-state index in [0.717, 1.165) is 13.0 Å². The number of nitrogens with one attached hydrogen (secondary N) is 1. The molecule has 0 radical (unpaired) electrons. The summed E-state index contributed by atoms with van der Waals surface area (Å²) in [5, 5.41) is 3.10. The standard InChI is InChI=1S/C13H18N2O3/c1-15(2)11-10(9-4-6-18-12(9)11)14-13(16)8-3-5-17-7-8/h3,5,7,9-12H,4,6H2,1-2H3,(H,14,16)/t9-,10+,11-,12-/m0/s1. The van der Waals surface area contributed by atoms with Gasteiger partial charge in [-0.2, -0.15) is 0 Å². The van der Waals surface area contributed by atoms with Crippen molar-refractivity contribution in [3.05, 3.63) is 24.2 Å². The van der Waals surface area contributed by atoms with Crippen LogP contribution in [0.2, 0.25) is 0 Å². The maximum atomic E-state index is 12.0. The van der Waals surface area contributed by atoms with E-state index in [1.165, 1.54) is 12.5 Å². The highest BCUT2D eigenvalue weighted by Gasteiger charge is 2.55. The molecule has 0 unspecified atom stereocenters. The van der Waals surface area contributed by atoms with Crippen LogP contribution >= 0.6 is 0 Å². The zero-order chi connectivity index (χ0) is 12.7. The zero-order valence-electron chi connectivity index (χ0n) is 10.6. The van der Waals surface area contributed by atoms with Gasteiger partial charge in [0.1, 0.15) is 6.26 Å². The summed E-state index contributed by atoms with van der Waals surface area (Å²) in [6.45, 7) is 0.803. The number of amides is 1. The van der Waals surface area contributed by atoms with E-state index in [1.807, 2.05) is 14.1 Å². The van der Waals surface area contributed by atoms with Crippen LogP contribution < -0.4 is 5.32 Å². The summed E-state index contributed by atoms with van der Waals surface area (Å²) in [5.41, 5.74) is 0.579. The van der Waals surface area contributed by atoms with Gasteiger partial charge in [0.25, 0.3) is 5.91 Å². The first kappa shape index (κ1) is 11.7. The first-order chi connectivity index (χ1) is 8.68. The van der Waals surface area contributed by atoms with Crippen LogP contribution in [0.5, 0.6) is 0 Å². The molecule has 0 spiro atoms. The van der Waals surface area contributed by atoms with Crippen molar-refractivity contribution in [2.24, 2.45) is 5.92 Å². The van der Waals surface area contributed by atoms with E-state index in [-0.39, 0.29) is 24.1 Å². The molecule has 4 atom stereocenters. The van der Waals surface area contributed by atoms with Gasteiger partial charge in [-0.1, -0.05) is 0 Å². The fourth-order valence-corrected chi connectivity index (χ4v) is 3.11. The molecule has 98 valence electrons. The van der Waals surface area contributed by atoms with Crippen molar-refractivity contribution in [2.45, 2.75) is 24.6 Å². The Morgan fingerprint density at radius 3 is 3.00 bits per heavy atom. The van der Waals surface area contributed by atoms with Crippen LogP contribution in [0, 0.1) is 5.92 Å². The second-order valence-electron chi connectivity index (χ2n) is 5.25. The summed E-state index contributed by atoms with van der Waals surface area (Å²) >= 11 is 0. The fourth-order valence-electron chi connectivity index (χ4n) is 3.11. The topological polar surface area (TPSA) is 54.7 Å². The quantitative estimate of drug-likeness (QED) is 0.859. The summed E-state index contributed by atoms with van der Waals surface area (Å²) < 4.78 is 10.7. The molecule has 1 aliphatic carbocycles. The van der Waals surface area contributed by atoms with Crippen LogP contribution in [0.1, 0.15) is 16.8 Å². The molecular formula is C13H18N2O3. The molecule has 3 rings (SSSR count). The highest BCUT2D eigenvalue weighted by molar-refractivity contribution is 5.94. The summed E-state index contributed by atoms with van der Waals surface area (Å²) in [5.74, 6) is 0.388. The summed E-state index contributed by atoms with van der Waals surface area (Å²) in [7, 11) is 4.05. The van der Waals surface area contributed by atoms with Gasteiger partial charge >= 0.3 is 0 Å². The molecule has 1 saturated carbocycles. The number of hydrogen-bond donors (Lipinski definition) is 1. The van der Waals surface area contributed by atoms with Crippen molar-refractivity contribution < 1.29 is 13.9 Å². The molecule has 2 heterocycles. The van der Waals surface area contributed by atoms with Crippen molar-refractivity contribution >= 4 is 5.91 Å². The number of hydrogen-bond acceptors (Lipinski definition) is 4. The Morgan fingerprint density at radius 1 is 1.50 bits per heavy atom. The monoisotopic (exact) mass is 250 g/mol. The molecular weight excluding hydrogens is 232 g/mol. The van der Waals surface area contributed by atoms with Gasteiger partial charge < -0.3 is 19.4 Å². The lowest BCUT2D eigenvalue weighted by Crippen LogP contribution is -2.69. The van der Waals surface area contributed by atoms with Crippen molar-refractivity contribution in [3.63, 3.8) is 0 Å². The number of fused-ring (bicyclic) bond motifs is 1. The van der Waals surface area contributed by atoms with Gasteiger partial charge in [-0.15, -0.1) is 0 Å². The predicted octanol–water partition coefficient (Wildman–Crippen LogP) is 0.727. The number of nitrogens with zero attached hydrogens (tertiary/aromatic N) is 1. The molecule has 5 nitrogen and oxygen atoms in total. The number of furan rings is 1. The number of likely N-dealkylation sites (N-methyl/N-ethyl adjacent to an activating group) is 1. The summed E-state index contributed by atoms with van der Waals surface area (Å²) in [6, 6.07) is 2.13. The molecule has 2 fully saturated rings. The normalized spacial score (nSPS) is 34.2. The van der Waals surface area contributed by atoms with Crippen LogP contribution in [-0.4, -0.2) is 49.7 Å². The number of carbonyl (C=O) groups excluding carboxylic acids is 1. The lowest BCUT2D eigenvalue weighted by atomic mass is 9.71. The third kappa shape index (κ3) is 1.74. The van der Waals surface area contributed by atoms with E-state index in [4.69, 9.17) is 9.15 Å². The molecule has 1 aromatic heterocycles. The Balaban J connectivity index is 1.70. The van der Waals surface area contributed by atoms with E-state index in [9.17, 15) is 4.79 Å². The summed E-state index contributed by atoms with van der Waals surface area (Å²) in [4.78, 5) is 14.2. The second kappa shape index (κ2) is 4.40. The molecule has 5 heteroatoms. The van der Waals surface area contributed by atoms with E-state index in [1.54, 1.807) is 6.07 Å². The van der Waals surface area contributed by atoms with E-state index >= 15 is 0 Å². The second-order valence-corrected chi connectivity index (χ2v) is 5.25. The largest absolute Gasteiger partial charge is 0.472 e. The maximum Gasteiger partial charge on any atom is 0.254 e. The average Bonchev–Trinajstić information content (AvgIpc) is 2.93. The molecule has 1 amide bonds. The smallest absolute Gasteiger partial charge is 0.254 e. The Labute approximate surface area is 106 Å². The number of rotatable bonds is 3. The molecule has 2 aliphatic rings. The first-order valence-corrected chi connectivity index (χ1v) is 6.29. The molecule has 0 aromatic carbocycles. The minimum absolute atomic E-state index is 0.0639. The van der Waals surface area contributed by atoms with Gasteiger partial charge in [0.2, 0.25) is 0 Å². The average molecular weight is 250 g/mol. The van der Waals surface area contributed by atoms with Crippen molar-refractivity contribution in [2.75, 3.05) is 20.7 Å². The Morgan fingerprint density at radius 2 is 2.33 bits per heavy atom. The molecule has 1 aliphatic heterocycles. The van der Waals surface area contributed by atoms with Gasteiger partial charge in [-0.25, -0.2) is 0 Å². The van der Waals surface area contributed by atoms with Crippen molar-refractivity contribution in [1.29, 1.82) is 0 Å². The molecule has 18 heavy (non-hydrogen) atoms. The van der Waals surface area contributed by atoms with Gasteiger partial charge in [0.05, 0.1) is 30.0 Å². The minimum atomic E-state index is -0.0639.